The maximum absolute atomic E-state index is 5.79. The molecule has 0 spiro atoms. The highest BCUT2D eigenvalue weighted by Gasteiger charge is 2.10. The second kappa shape index (κ2) is 7.28. The molecule has 1 aliphatic rings. The summed E-state index contributed by atoms with van der Waals surface area (Å²) in [5.41, 5.74) is 7.59. The molecular formula is C17H23N5O. The van der Waals surface area contributed by atoms with Crippen LogP contribution in [0, 0.1) is 6.92 Å². The van der Waals surface area contributed by atoms with Crippen molar-refractivity contribution in [2.75, 3.05) is 32.0 Å². The zero-order chi connectivity index (χ0) is 16.1. The van der Waals surface area contributed by atoms with Crippen LogP contribution < -0.4 is 10.5 Å². The Hall–Kier alpha value is -2.34. The van der Waals surface area contributed by atoms with E-state index in [1.165, 1.54) is 25.9 Å². The highest BCUT2D eigenvalue weighted by atomic mass is 16.5. The molecule has 0 radical (unpaired) electrons. The molecule has 0 saturated carbocycles. The van der Waals surface area contributed by atoms with Crippen molar-refractivity contribution in [3.05, 3.63) is 41.7 Å². The Balaban J connectivity index is 1.51. The van der Waals surface area contributed by atoms with Gasteiger partial charge in [-0.2, -0.15) is 5.10 Å². The molecular weight excluding hydrogens is 290 g/mol. The van der Waals surface area contributed by atoms with Gasteiger partial charge < -0.3 is 10.5 Å². The Morgan fingerprint density at radius 2 is 2.00 bits per heavy atom. The molecule has 1 saturated heterocycles. The number of aryl methyl sites for hydroxylation is 1. The van der Waals surface area contributed by atoms with Gasteiger partial charge in [-0.3, -0.25) is 4.90 Å². The van der Waals surface area contributed by atoms with Crippen molar-refractivity contribution in [3.8, 4) is 5.75 Å². The average molecular weight is 313 g/mol. The van der Waals surface area contributed by atoms with Gasteiger partial charge in [0, 0.05) is 6.54 Å². The second-order valence-corrected chi connectivity index (χ2v) is 5.80. The predicted octanol–water partition coefficient (Wildman–Crippen LogP) is 2.13. The molecule has 3 rings (SSSR count). The Morgan fingerprint density at radius 3 is 2.65 bits per heavy atom. The maximum atomic E-state index is 5.79. The second-order valence-electron chi connectivity index (χ2n) is 5.80. The molecule has 2 N–H and O–H groups in total. The topological polar surface area (TPSA) is 68.7 Å². The summed E-state index contributed by atoms with van der Waals surface area (Å²) in [7, 11) is 0. The van der Waals surface area contributed by atoms with Crippen molar-refractivity contribution in [2.45, 2.75) is 19.8 Å². The van der Waals surface area contributed by atoms with Gasteiger partial charge in [0.25, 0.3) is 0 Å². The molecule has 0 bridgehead atoms. The van der Waals surface area contributed by atoms with Crippen LogP contribution in [-0.2, 0) is 0 Å². The van der Waals surface area contributed by atoms with E-state index in [9.17, 15) is 0 Å². The van der Waals surface area contributed by atoms with Crippen LogP contribution in [0.4, 0.5) is 5.95 Å². The Kier molecular flexibility index (Phi) is 4.92. The first kappa shape index (κ1) is 15.6. The lowest BCUT2D eigenvalue weighted by Gasteiger charge is -2.14. The molecule has 2 aromatic rings. The summed E-state index contributed by atoms with van der Waals surface area (Å²) < 4.78 is 7.35. The van der Waals surface area contributed by atoms with Crippen LogP contribution in [0.5, 0.6) is 5.75 Å². The summed E-state index contributed by atoms with van der Waals surface area (Å²) in [6, 6.07) is 7.89. The van der Waals surface area contributed by atoms with Gasteiger partial charge in [-0.25, -0.2) is 9.66 Å². The van der Waals surface area contributed by atoms with E-state index in [1.54, 1.807) is 17.1 Å². The first-order valence-corrected chi connectivity index (χ1v) is 8.02. The zero-order valence-corrected chi connectivity index (χ0v) is 13.5. The summed E-state index contributed by atoms with van der Waals surface area (Å²) in [6.45, 7) is 6.03. The van der Waals surface area contributed by atoms with Crippen LogP contribution in [0.25, 0.3) is 0 Å². The summed E-state index contributed by atoms with van der Waals surface area (Å²) in [5.74, 6) is 1.28. The lowest BCUT2D eigenvalue weighted by atomic mass is 10.2. The SMILES string of the molecule is Cc1cn(N=Cc2ccc(OCCN3CCCC3)cc2)c(N)n1. The van der Waals surface area contributed by atoms with Crippen LogP contribution in [-0.4, -0.2) is 47.0 Å². The first-order chi connectivity index (χ1) is 11.2. The number of nitrogen functional groups attached to an aromatic ring is 1. The number of anilines is 1. The van der Waals surface area contributed by atoms with Gasteiger partial charge in [0.05, 0.1) is 18.1 Å². The quantitative estimate of drug-likeness (QED) is 0.830. The van der Waals surface area contributed by atoms with Crippen molar-refractivity contribution in [1.82, 2.24) is 14.6 Å². The fraction of sp³-hybridized carbons (Fsp3) is 0.412. The van der Waals surface area contributed by atoms with E-state index in [2.05, 4.69) is 15.0 Å². The predicted molar refractivity (Wildman–Crippen MR) is 92.0 cm³/mol. The van der Waals surface area contributed by atoms with E-state index in [-0.39, 0.29) is 0 Å². The van der Waals surface area contributed by atoms with E-state index in [0.29, 0.717) is 5.95 Å². The molecule has 6 heteroatoms. The smallest absolute Gasteiger partial charge is 0.221 e. The third-order valence-corrected chi connectivity index (χ3v) is 3.92. The third kappa shape index (κ3) is 4.32. The molecule has 23 heavy (non-hydrogen) atoms. The van der Waals surface area contributed by atoms with Gasteiger partial charge in [-0.05, 0) is 62.7 Å². The number of hydrogen-bond donors (Lipinski definition) is 1. The Morgan fingerprint density at radius 1 is 1.26 bits per heavy atom. The Bertz CT molecular complexity index is 656. The molecule has 2 heterocycles. The lowest BCUT2D eigenvalue weighted by Crippen LogP contribution is -2.25. The molecule has 1 aromatic heterocycles. The van der Waals surface area contributed by atoms with E-state index < -0.39 is 0 Å². The minimum Gasteiger partial charge on any atom is -0.492 e. The monoisotopic (exact) mass is 313 g/mol. The number of likely N-dealkylation sites (tertiary alicyclic amines) is 1. The molecule has 122 valence electrons. The van der Waals surface area contributed by atoms with Crippen molar-refractivity contribution in [3.63, 3.8) is 0 Å². The molecule has 0 aliphatic carbocycles. The molecule has 0 unspecified atom stereocenters. The number of benzene rings is 1. The fourth-order valence-corrected chi connectivity index (χ4v) is 2.67. The van der Waals surface area contributed by atoms with E-state index in [1.807, 2.05) is 31.2 Å². The largest absolute Gasteiger partial charge is 0.492 e. The standard InChI is InChI=1S/C17H23N5O/c1-14-13-22(17(18)20-14)19-12-15-4-6-16(7-5-15)23-11-10-21-8-2-3-9-21/h4-7,12-13H,2-3,8-11H2,1H3,(H2,18,20). The van der Waals surface area contributed by atoms with Crippen LogP contribution in [0.15, 0.2) is 35.6 Å². The highest BCUT2D eigenvalue weighted by Crippen LogP contribution is 2.12. The Labute approximate surface area is 136 Å². The maximum Gasteiger partial charge on any atom is 0.221 e. The number of imidazole rings is 1. The van der Waals surface area contributed by atoms with Crippen LogP contribution in [0.1, 0.15) is 24.1 Å². The normalized spacial score (nSPS) is 15.5. The number of rotatable bonds is 6. The summed E-state index contributed by atoms with van der Waals surface area (Å²) >= 11 is 0. The van der Waals surface area contributed by atoms with Gasteiger partial charge in [-0.1, -0.05) is 0 Å². The number of nitrogens with zero attached hydrogens (tertiary/aromatic N) is 4. The molecule has 6 nitrogen and oxygen atoms in total. The van der Waals surface area contributed by atoms with Crippen molar-refractivity contribution in [1.29, 1.82) is 0 Å². The molecule has 1 aromatic carbocycles. The summed E-state index contributed by atoms with van der Waals surface area (Å²) in [4.78, 5) is 6.55. The third-order valence-electron chi connectivity index (χ3n) is 3.92. The van der Waals surface area contributed by atoms with Gasteiger partial charge in [-0.15, -0.1) is 0 Å². The molecule has 1 aliphatic heterocycles. The van der Waals surface area contributed by atoms with Gasteiger partial charge in [0.15, 0.2) is 0 Å². The first-order valence-electron chi connectivity index (χ1n) is 8.02. The van der Waals surface area contributed by atoms with Gasteiger partial charge >= 0.3 is 0 Å². The van der Waals surface area contributed by atoms with E-state index in [0.717, 1.165) is 30.2 Å². The van der Waals surface area contributed by atoms with Gasteiger partial charge in [0.1, 0.15) is 12.4 Å². The average Bonchev–Trinajstić information content (AvgIpc) is 3.16. The lowest BCUT2D eigenvalue weighted by molar-refractivity contribution is 0.238. The fourth-order valence-electron chi connectivity index (χ4n) is 2.67. The minimum absolute atomic E-state index is 0.389. The molecule has 1 fully saturated rings. The minimum atomic E-state index is 0.389. The van der Waals surface area contributed by atoms with Crippen LogP contribution in [0.2, 0.25) is 0 Å². The number of hydrogen-bond acceptors (Lipinski definition) is 5. The van der Waals surface area contributed by atoms with E-state index >= 15 is 0 Å². The van der Waals surface area contributed by atoms with Crippen molar-refractivity contribution < 1.29 is 4.74 Å². The van der Waals surface area contributed by atoms with Gasteiger partial charge in [0.2, 0.25) is 5.95 Å². The summed E-state index contributed by atoms with van der Waals surface area (Å²) in [5, 5.41) is 4.30. The van der Waals surface area contributed by atoms with Crippen LogP contribution in [0.3, 0.4) is 0 Å². The zero-order valence-electron chi connectivity index (χ0n) is 13.5. The van der Waals surface area contributed by atoms with Crippen molar-refractivity contribution >= 4 is 12.2 Å². The van der Waals surface area contributed by atoms with Crippen LogP contribution >= 0.6 is 0 Å². The van der Waals surface area contributed by atoms with E-state index in [4.69, 9.17) is 10.5 Å². The number of ether oxygens (including phenoxy) is 1. The van der Waals surface area contributed by atoms with Crippen molar-refractivity contribution in [2.24, 2.45) is 5.10 Å². The molecule has 0 amide bonds. The number of aromatic nitrogens is 2. The molecule has 0 atom stereocenters. The number of nitrogens with two attached hydrogens (primary N) is 1. The highest BCUT2D eigenvalue weighted by molar-refractivity contribution is 5.79. The summed E-state index contributed by atoms with van der Waals surface area (Å²) in [6.07, 6.45) is 6.18.